The molecule has 2 fully saturated rings. The molecule has 2 saturated carbocycles. The molecule has 0 aromatic carbocycles. The Kier molecular flexibility index (Phi) is 4.82. The van der Waals surface area contributed by atoms with Crippen molar-refractivity contribution in [3.8, 4) is 0 Å². The number of anilines is 1. The molecule has 5 nitrogen and oxygen atoms in total. The standard InChI is InChI=1S/C16H23F2N3O2/c1-21-15(19-16(22)23-9-12(17)18)13(10-7-4-8-10)14(20-21)11-5-2-3-6-11/h10-12H,2-9H2,1H3,(H,19,22). The first-order valence-electron chi connectivity index (χ1n) is 8.35. The lowest BCUT2D eigenvalue weighted by molar-refractivity contribution is 0.0547. The molecule has 1 heterocycles. The maximum atomic E-state index is 12.2. The molecule has 0 atom stereocenters. The Balaban J connectivity index is 1.81. The fourth-order valence-corrected chi connectivity index (χ4v) is 3.58. The lowest BCUT2D eigenvalue weighted by Gasteiger charge is -2.27. The molecule has 0 bridgehead atoms. The van der Waals surface area contributed by atoms with E-state index < -0.39 is 19.1 Å². The third-order valence-corrected chi connectivity index (χ3v) is 4.93. The molecule has 7 heteroatoms. The van der Waals surface area contributed by atoms with E-state index >= 15 is 0 Å². The number of aryl methyl sites for hydroxylation is 1. The number of hydrogen-bond acceptors (Lipinski definition) is 3. The van der Waals surface area contributed by atoms with Gasteiger partial charge in [-0.1, -0.05) is 19.3 Å². The molecule has 1 aromatic heterocycles. The Morgan fingerprint density at radius 1 is 1.26 bits per heavy atom. The van der Waals surface area contributed by atoms with Crippen LogP contribution in [0.2, 0.25) is 0 Å². The fourth-order valence-electron chi connectivity index (χ4n) is 3.58. The van der Waals surface area contributed by atoms with Gasteiger partial charge in [0.15, 0.2) is 6.61 Å². The first-order valence-corrected chi connectivity index (χ1v) is 8.35. The largest absolute Gasteiger partial charge is 0.443 e. The topological polar surface area (TPSA) is 56.2 Å². The van der Waals surface area contributed by atoms with Crippen LogP contribution in [0.4, 0.5) is 19.4 Å². The van der Waals surface area contributed by atoms with Crippen molar-refractivity contribution in [2.24, 2.45) is 7.05 Å². The smallest absolute Gasteiger partial charge is 0.413 e. The second-order valence-corrected chi connectivity index (χ2v) is 6.49. The number of aromatic nitrogens is 2. The van der Waals surface area contributed by atoms with Crippen LogP contribution in [-0.4, -0.2) is 28.9 Å². The van der Waals surface area contributed by atoms with Crippen molar-refractivity contribution in [2.75, 3.05) is 11.9 Å². The third kappa shape index (κ3) is 3.48. The summed E-state index contributed by atoms with van der Waals surface area (Å²) in [6.45, 7) is -0.891. The van der Waals surface area contributed by atoms with Crippen molar-refractivity contribution in [3.05, 3.63) is 11.3 Å². The van der Waals surface area contributed by atoms with Gasteiger partial charge in [-0.05, 0) is 31.6 Å². The zero-order chi connectivity index (χ0) is 16.4. The number of ether oxygens (including phenoxy) is 1. The average Bonchev–Trinajstić information content (AvgIpc) is 3.06. The van der Waals surface area contributed by atoms with E-state index in [4.69, 9.17) is 0 Å². The van der Waals surface area contributed by atoms with Gasteiger partial charge in [-0.2, -0.15) is 5.10 Å². The van der Waals surface area contributed by atoms with Gasteiger partial charge in [0.25, 0.3) is 6.43 Å². The molecule has 0 aliphatic heterocycles. The van der Waals surface area contributed by atoms with Crippen LogP contribution in [0, 0.1) is 0 Å². The number of alkyl halides is 2. The number of carbonyl (C=O) groups excluding carboxylic acids is 1. The minimum Gasteiger partial charge on any atom is -0.443 e. The highest BCUT2D eigenvalue weighted by Gasteiger charge is 2.33. The van der Waals surface area contributed by atoms with Crippen molar-refractivity contribution in [3.63, 3.8) is 0 Å². The molecule has 0 unspecified atom stereocenters. The molecule has 1 aromatic rings. The van der Waals surface area contributed by atoms with E-state index in [0.29, 0.717) is 17.7 Å². The highest BCUT2D eigenvalue weighted by Crippen LogP contribution is 2.46. The Morgan fingerprint density at radius 3 is 2.48 bits per heavy atom. The minimum absolute atomic E-state index is 0.407. The average molecular weight is 327 g/mol. The van der Waals surface area contributed by atoms with Crippen molar-refractivity contribution in [1.82, 2.24) is 9.78 Å². The number of carbonyl (C=O) groups is 1. The van der Waals surface area contributed by atoms with Gasteiger partial charge in [0.2, 0.25) is 0 Å². The fraction of sp³-hybridized carbons (Fsp3) is 0.750. The lowest BCUT2D eigenvalue weighted by Crippen LogP contribution is -2.21. The summed E-state index contributed by atoms with van der Waals surface area (Å²) in [4.78, 5) is 11.8. The maximum Gasteiger partial charge on any atom is 0.413 e. The summed E-state index contributed by atoms with van der Waals surface area (Å²) < 4.78 is 30.5. The monoisotopic (exact) mass is 327 g/mol. The van der Waals surface area contributed by atoms with Gasteiger partial charge in [0.05, 0.1) is 5.69 Å². The third-order valence-electron chi connectivity index (χ3n) is 4.93. The number of nitrogens with one attached hydrogen (secondary N) is 1. The maximum absolute atomic E-state index is 12.2. The van der Waals surface area contributed by atoms with Gasteiger partial charge in [-0.3, -0.25) is 10.00 Å². The van der Waals surface area contributed by atoms with Gasteiger partial charge in [0, 0.05) is 18.5 Å². The molecule has 23 heavy (non-hydrogen) atoms. The number of halogens is 2. The second kappa shape index (κ2) is 6.84. The van der Waals surface area contributed by atoms with Crippen LogP contribution in [0.3, 0.4) is 0 Å². The van der Waals surface area contributed by atoms with Gasteiger partial charge in [-0.25, -0.2) is 13.6 Å². The summed E-state index contributed by atoms with van der Waals surface area (Å²) in [5.74, 6) is 1.46. The summed E-state index contributed by atoms with van der Waals surface area (Å²) in [7, 11) is 1.78. The Labute approximate surface area is 134 Å². The molecule has 2 aliphatic carbocycles. The quantitative estimate of drug-likeness (QED) is 0.883. The normalized spacial score (nSPS) is 19.1. The number of nitrogens with zero attached hydrogens (tertiary/aromatic N) is 2. The molecule has 128 valence electrons. The van der Waals surface area contributed by atoms with Crippen LogP contribution in [0.15, 0.2) is 0 Å². The predicted octanol–water partition coefficient (Wildman–Crippen LogP) is 4.16. The summed E-state index contributed by atoms with van der Waals surface area (Å²) >= 11 is 0. The highest BCUT2D eigenvalue weighted by molar-refractivity contribution is 5.85. The van der Waals surface area contributed by atoms with Crippen LogP contribution >= 0.6 is 0 Å². The number of rotatable bonds is 5. The van der Waals surface area contributed by atoms with Crippen molar-refractivity contribution >= 4 is 11.9 Å². The zero-order valence-corrected chi connectivity index (χ0v) is 13.4. The second-order valence-electron chi connectivity index (χ2n) is 6.49. The molecular formula is C16H23F2N3O2. The molecular weight excluding hydrogens is 304 g/mol. The van der Waals surface area contributed by atoms with E-state index in [2.05, 4.69) is 15.2 Å². The summed E-state index contributed by atoms with van der Waals surface area (Å²) in [6.07, 6.45) is 4.55. The SMILES string of the molecule is Cn1nc(C2CCCC2)c(C2CCC2)c1NC(=O)OCC(F)F. The summed E-state index contributed by atoms with van der Waals surface area (Å²) in [5, 5.41) is 7.28. The van der Waals surface area contributed by atoms with E-state index in [1.807, 2.05) is 0 Å². The molecule has 3 rings (SSSR count). The Morgan fingerprint density at radius 2 is 1.91 bits per heavy atom. The van der Waals surface area contributed by atoms with Crippen molar-refractivity contribution < 1.29 is 18.3 Å². The van der Waals surface area contributed by atoms with E-state index in [-0.39, 0.29) is 0 Å². The molecule has 0 saturated heterocycles. The van der Waals surface area contributed by atoms with Crippen LogP contribution in [0.1, 0.15) is 68.0 Å². The zero-order valence-electron chi connectivity index (χ0n) is 13.4. The van der Waals surface area contributed by atoms with Gasteiger partial charge < -0.3 is 4.74 Å². The van der Waals surface area contributed by atoms with Crippen LogP contribution in [0.25, 0.3) is 0 Å². The molecule has 2 aliphatic rings. The van der Waals surface area contributed by atoms with E-state index in [1.165, 1.54) is 19.3 Å². The lowest BCUT2D eigenvalue weighted by atomic mass is 9.78. The van der Waals surface area contributed by atoms with Crippen LogP contribution in [0.5, 0.6) is 0 Å². The Bertz CT molecular complexity index is 564. The van der Waals surface area contributed by atoms with Crippen LogP contribution < -0.4 is 5.32 Å². The van der Waals surface area contributed by atoms with Crippen LogP contribution in [-0.2, 0) is 11.8 Å². The first kappa shape index (κ1) is 16.2. The van der Waals surface area contributed by atoms with E-state index in [9.17, 15) is 13.6 Å². The van der Waals surface area contributed by atoms with E-state index in [0.717, 1.165) is 36.9 Å². The van der Waals surface area contributed by atoms with E-state index in [1.54, 1.807) is 11.7 Å². The Hall–Kier alpha value is -1.66. The molecule has 0 radical (unpaired) electrons. The van der Waals surface area contributed by atoms with Crippen molar-refractivity contribution in [1.29, 1.82) is 0 Å². The highest BCUT2D eigenvalue weighted by atomic mass is 19.3. The number of amides is 1. The molecule has 1 amide bonds. The first-order chi connectivity index (χ1) is 11.1. The minimum atomic E-state index is -2.66. The predicted molar refractivity (Wildman–Crippen MR) is 82.0 cm³/mol. The molecule has 1 N–H and O–H groups in total. The van der Waals surface area contributed by atoms with Crippen molar-refractivity contribution in [2.45, 2.75) is 63.2 Å². The summed E-state index contributed by atoms with van der Waals surface area (Å²) in [5.41, 5.74) is 2.18. The van der Waals surface area contributed by atoms with Gasteiger partial charge in [0.1, 0.15) is 5.82 Å². The van der Waals surface area contributed by atoms with Gasteiger partial charge in [-0.15, -0.1) is 0 Å². The van der Waals surface area contributed by atoms with Gasteiger partial charge >= 0.3 is 6.09 Å². The molecule has 0 spiro atoms. The number of hydrogen-bond donors (Lipinski definition) is 1. The summed E-state index contributed by atoms with van der Waals surface area (Å²) in [6, 6.07) is 0.